The molecule has 2 aromatic carbocycles. The second kappa shape index (κ2) is 7.57. The fraction of sp³-hybridized carbons (Fsp3) is 0.222. The molecule has 1 atom stereocenters. The molecule has 0 spiro atoms. The van der Waals surface area contributed by atoms with E-state index in [1.165, 1.54) is 4.68 Å². The van der Waals surface area contributed by atoms with E-state index in [4.69, 9.17) is 4.74 Å². The van der Waals surface area contributed by atoms with E-state index >= 15 is 0 Å². The number of amides is 1. The van der Waals surface area contributed by atoms with Crippen LogP contribution in [0.5, 0.6) is 5.75 Å². The second-order valence-electron chi connectivity index (χ2n) is 5.50. The van der Waals surface area contributed by atoms with Crippen LogP contribution in [0.4, 0.5) is 0 Å². The molecule has 0 aliphatic carbocycles. The summed E-state index contributed by atoms with van der Waals surface area (Å²) in [4.78, 5) is 24.4. The van der Waals surface area contributed by atoms with Gasteiger partial charge < -0.3 is 10.1 Å². The number of carbonyl (C=O) groups excluding carboxylic acids is 1. The van der Waals surface area contributed by atoms with Crippen molar-refractivity contribution in [2.75, 3.05) is 6.54 Å². The van der Waals surface area contributed by atoms with Gasteiger partial charge in [0.1, 0.15) is 11.3 Å². The van der Waals surface area contributed by atoms with Gasteiger partial charge in [-0.15, -0.1) is 5.10 Å². The number of nitrogens with zero attached hydrogens (tertiary/aromatic N) is 3. The van der Waals surface area contributed by atoms with Crippen molar-refractivity contribution in [2.45, 2.75) is 19.6 Å². The maximum absolute atomic E-state index is 12.3. The molecule has 1 amide bonds. The van der Waals surface area contributed by atoms with Crippen LogP contribution in [0, 0.1) is 0 Å². The van der Waals surface area contributed by atoms with Gasteiger partial charge in [0.2, 0.25) is 0 Å². The van der Waals surface area contributed by atoms with Gasteiger partial charge >= 0.3 is 0 Å². The predicted octanol–water partition coefficient (Wildman–Crippen LogP) is 1.38. The summed E-state index contributed by atoms with van der Waals surface area (Å²) < 4.78 is 6.79. The summed E-state index contributed by atoms with van der Waals surface area (Å²) in [5.41, 5.74) is 0.325. The lowest BCUT2D eigenvalue weighted by atomic mass is 10.2. The van der Waals surface area contributed by atoms with E-state index in [0.29, 0.717) is 16.7 Å². The Morgan fingerprint density at radius 3 is 2.68 bits per heavy atom. The summed E-state index contributed by atoms with van der Waals surface area (Å²) in [6.45, 7) is 2.17. The van der Waals surface area contributed by atoms with Gasteiger partial charge in [0.05, 0.1) is 11.9 Å². The summed E-state index contributed by atoms with van der Waals surface area (Å²) in [5.74, 6) is 0.368. The van der Waals surface area contributed by atoms with Gasteiger partial charge in [0.25, 0.3) is 11.5 Å². The van der Waals surface area contributed by atoms with Gasteiger partial charge in [-0.3, -0.25) is 9.59 Å². The highest BCUT2D eigenvalue weighted by Crippen LogP contribution is 2.10. The van der Waals surface area contributed by atoms with E-state index in [1.807, 2.05) is 18.2 Å². The normalized spacial score (nSPS) is 11.9. The Morgan fingerprint density at radius 2 is 1.88 bits per heavy atom. The van der Waals surface area contributed by atoms with Crippen LogP contribution < -0.4 is 15.6 Å². The van der Waals surface area contributed by atoms with E-state index in [1.54, 1.807) is 43.3 Å². The number of hydrogen-bond donors (Lipinski definition) is 1. The molecule has 128 valence electrons. The lowest BCUT2D eigenvalue weighted by molar-refractivity contribution is -0.127. The van der Waals surface area contributed by atoms with Gasteiger partial charge in [0.15, 0.2) is 6.10 Å². The minimum atomic E-state index is -0.637. The van der Waals surface area contributed by atoms with Crippen LogP contribution in [-0.2, 0) is 11.3 Å². The number of aromatic nitrogens is 3. The Balaban J connectivity index is 1.56. The Bertz CT molecular complexity index is 924. The van der Waals surface area contributed by atoms with Crippen LogP contribution in [0.2, 0.25) is 0 Å². The zero-order valence-electron chi connectivity index (χ0n) is 13.8. The highest BCUT2D eigenvalue weighted by atomic mass is 16.5. The molecule has 0 radical (unpaired) electrons. The van der Waals surface area contributed by atoms with Crippen molar-refractivity contribution < 1.29 is 9.53 Å². The lowest BCUT2D eigenvalue weighted by Gasteiger charge is -2.14. The topological polar surface area (TPSA) is 86.1 Å². The minimum absolute atomic E-state index is 0.228. The molecule has 25 heavy (non-hydrogen) atoms. The van der Waals surface area contributed by atoms with E-state index in [9.17, 15) is 9.59 Å². The van der Waals surface area contributed by atoms with Gasteiger partial charge in [-0.25, -0.2) is 4.68 Å². The highest BCUT2D eigenvalue weighted by molar-refractivity contribution is 5.80. The quantitative estimate of drug-likeness (QED) is 0.734. The van der Waals surface area contributed by atoms with Crippen molar-refractivity contribution in [2.24, 2.45) is 0 Å². The Morgan fingerprint density at radius 1 is 1.16 bits per heavy atom. The molecule has 3 rings (SSSR count). The molecule has 7 heteroatoms. The molecule has 1 aromatic heterocycles. The van der Waals surface area contributed by atoms with Crippen molar-refractivity contribution in [3.05, 3.63) is 65.0 Å². The number of rotatable bonds is 6. The number of fused-ring (bicyclic) bond motifs is 1. The van der Waals surface area contributed by atoms with E-state index in [2.05, 4.69) is 15.6 Å². The third kappa shape index (κ3) is 4.00. The Kier molecular flexibility index (Phi) is 5.03. The van der Waals surface area contributed by atoms with Crippen molar-refractivity contribution in [3.8, 4) is 5.75 Å². The average Bonchev–Trinajstić information content (AvgIpc) is 2.64. The van der Waals surface area contributed by atoms with Crippen LogP contribution in [0.15, 0.2) is 59.4 Å². The number of benzene rings is 2. The average molecular weight is 338 g/mol. The van der Waals surface area contributed by atoms with Crippen LogP contribution in [0.3, 0.4) is 0 Å². The van der Waals surface area contributed by atoms with Crippen molar-refractivity contribution in [1.82, 2.24) is 20.3 Å². The summed E-state index contributed by atoms with van der Waals surface area (Å²) in [5, 5.41) is 11.1. The molecular formula is C18H18N4O3. The SMILES string of the molecule is C[C@H](Oc1ccccc1)C(=O)NCCn1nnc2ccccc2c1=O. The summed E-state index contributed by atoms with van der Waals surface area (Å²) >= 11 is 0. The maximum atomic E-state index is 12.3. The molecule has 0 saturated heterocycles. The van der Waals surface area contributed by atoms with E-state index in [0.717, 1.165) is 0 Å². The number of nitrogens with one attached hydrogen (secondary N) is 1. The van der Waals surface area contributed by atoms with Gasteiger partial charge in [-0.2, -0.15) is 0 Å². The number of ether oxygens (including phenoxy) is 1. The lowest BCUT2D eigenvalue weighted by Crippen LogP contribution is -2.39. The van der Waals surface area contributed by atoms with Gasteiger partial charge in [-0.05, 0) is 31.2 Å². The Labute approximate surface area is 144 Å². The molecule has 0 unspecified atom stereocenters. The van der Waals surface area contributed by atoms with E-state index < -0.39 is 6.10 Å². The fourth-order valence-corrected chi connectivity index (χ4v) is 2.36. The Hall–Kier alpha value is -3.22. The van der Waals surface area contributed by atoms with Crippen molar-refractivity contribution >= 4 is 16.8 Å². The smallest absolute Gasteiger partial charge is 0.277 e. The van der Waals surface area contributed by atoms with Crippen LogP contribution in [-0.4, -0.2) is 33.5 Å². The summed E-state index contributed by atoms with van der Waals surface area (Å²) in [7, 11) is 0. The molecule has 1 heterocycles. The van der Waals surface area contributed by atoms with Crippen LogP contribution >= 0.6 is 0 Å². The zero-order valence-corrected chi connectivity index (χ0v) is 13.8. The first-order valence-corrected chi connectivity index (χ1v) is 7.97. The summed E-state index contributed by atoms with van der Waals surface area (Å²) in [6.07, 6.45) is -0.637. The molecular weight excluding hydrogens is 320 g/mol. The third-order valence-electron chi connectivity index (χ3n) is 3.68. The first kappa shape index (κ1) is 16.6. The van der Waals surface area contributed by atoms with Gasteiger partial charge in [0, 0.05) is 6.54 Å². The third-order valence-corrected chi connectivity index (χ3v) is 3.68. The maximum Gasteiger partial charge on any atom is 0.277 e. The molecule has 7 nitrogen and oxygen atoms in total. The fourth-order valence-electron chi connectivity index (χ4n) is 2.36. The van der Waals surface area contributed by atoms with Crippen LogP contribution in [0.25, 0.3) is 10.9 Å². The number of hydrogen-bond acceptors (Lipinski definition) is 5. The zero-order chi connectivity index (χ0) is 17.6. The van der Waals surface area contributed by atoms with Crippen LogP contribution in [0.1, 0.15) is 6.92 Å². The van der Waals surface area contributed by atoms with Crippen molar-refractivity contribution in [1.29, 1.82) is 0 Å². The molecule has 0 aliphatic rings. The highest BCUT2D eigenvalue weighted by Gasteiger charge is 2.14. The van der Waals surface area contributed by atoms with Gasteiger partial charge in [-0.1, -0.05) is 35.5 Å². The molecule has 0 saturated carbocycles. The summed E-state index contributed by atoms with van der Waals surface area (Å²) in [6, 6.07) is 16.1. The molecule has 0 bridgehead atoms. The number of carbonyl (C=O) groups is 1. The molecule has 1 N–H and O–H groups in total. The minimum Gasteiger partial charge on any atom is -0.481 e. The largest absolute Gasteiger partial charge is 0.481 e. The first-order chi connectivity index (χ1) is 12.1. The number of para-hydroxylation sites is 1. The standard InChI is InChI=1S/C18H18N4O3/c1-13(25-14-7-3-2-4-8-14)17(23)19-11-12-22-18(24)15-9-5-6-10-16(15)20-21-22/h2-10,13H,11-12H2,1H3,(H,19,23)/t13-/m0/s1. The van der Waals surface area contributed by atoms with Crippen molar-refractivity contribution in [3.63, 3.8) is 0 Å². The monoisotopic (exact) mass is 338 g/mol. The molecule has 0 fully saturated rings. The molecule has 3 aromatic rings. The predicted molar refractivity (Wildman–Crippen MR) is 93.3 cm³/mol. The first-order valence-electron chi connectivity index (χ1n) is 7.97. The molecule has 0 aliphatic heterocycles. The van der Waals surface area contributed by atoms with E-state index in [-0.39, 0.29) is 24.6 Å². The second-order valence-corrected chi connectivity index (χ2v) is 5.50.